The van der Waals surface area contributed by atoms with Gasteiger partial charge < -0.3 is 5.32 Å². The zero-order chi connectivity index (χ0) is 20.6. The highest BCUT2D eigenvalue weighted by molar-refractivity contribution is 9.10. The van der Waals surface area contributed by atoms with E-state index in [0.717, 1.165) is 6.07 Å². The maximum absolute atomic E-state index is 14.8. The Morgan fingerprint density at radius 2 is 2.04 bits per heavy atom. The topological polar surface area (TPSA) is 59.8 Å². The van der Waals surface area contributed by atoms with Gasteiger partial charge in [0.15, 0.2) is 0 Å². The second-order valence-electron chi connectivity index (χ2n) is 6.45. The van der Waals surface area contributed by atoms with Crippen molar-refractivity contribution >= 4 is 32.8 Å². The van der Waals surface area contributed by atoms with Crippen molar-refractivity contribution in [1.29, 1.82) is 0 Å². The first-order valence-electron chi connectivity index (χ1n) is 8.60. The molecule has 2 aromatic heterocycles. The van der Waals surface area contributed by atoms with E-state index in [0.29, 0.717) is 21.3 Å². The minimum absolute atomic E-state index is 0.0984. The van der Waals surface area contributed by atoms with Gasteiger partial charge in [-0.1, -0.05) is 25.1 Å². The fourth-order valence-corrected chi connectivity index (χ4v) is 3.48. The van der Waals surface area contributed by atoms with Crippen LogP contribution in [0.3, 0.4) is 0 Å². The van der Waals surface area contributed by atoms with E-state index in [-0.39, 0.29) is 11.1 Å². The van der Waals surface area contributed by atoms with E-state index in [1.54, 1.807) is 20.0 Å². The number of nitrogens with zero attached hydrogens (tertiary/aromatic N) is 3. The molecule has 0 saturated heterocycles. The lowest BCUT2D eigenvalue weighted by atomic mass is 9.99. The van der Waals surface area contributed by atoms with E-state index < -0.39 is 29.8 Å². The van der Waals surface area contributed by atoms with Crippen molar-refractivity contribution in [2.24, 2.45) is 7.05 Å². The highest BCUT2D eigenvalue weighted by atomic mass is 79.9. The molecule has 0 spiro atoms. The largest absolute Gasteiger partial charge is 0.363 e. The van der Waals surface area contributed by atoms with Gasteiger partial charge in [-0.05, 0) is 28.9 Å². The molecule has 3 rings (SSSR count). The maximum Gasteiger partial charge on any atom is 0.275 e. The van der Waals surface area contributed by atoms with Gasteiger partial charge in [0.1, 0.15) is 23.6 Å². The summed E-state index contributed by atoms with van der Waals surface area (Å²) >= 11 is 3.20. The van der Waals surface area contributed by atoms with Crippen molar-refractivity contribution in [3.63, 3.8) is 0 Å². The average molecular weight is 455 g/mol. The molecule has 0 aliphatic heterocycles. The molecule has 0 amide bonds. The summed E-state index contributed by atoms with van der Waals surface area (Å²) in [5.74, 6) is -3.83. The SMILES string of the molecule is CCC(F)(F)c1cccc([C@@H](C)Nc2ncnc3c2cc(Br)c(=O)n3C)c1F. The van der Waals surface area contributed by atoms with E-state index in [2.05, 4.69) is 31.2 Å². The van der Waals surface area contributed by atoms with E-state index in [9.17, 15) is 18.0 Å². The summed E-state index contributed by atoms with van der Waals surface area (Å²) in [6, 6.07) is 4.89. The first-order valence-corrected chi connectivity index (χ1v) is 9.40. The van der Waals surface area contributed by atoms with Gasteiger partial charge in [0.25, 0.3) is 11.5 Å². The van der Waals surface area contributed by atoms with Gasteiger partial charge in [0.2, 0.25) is 0 Å². The van der Waals surface area contributed by atoms with Crippen molar-refractivity contribution in [3.8, 4) is 0 Å². The molecule has 1 aromatic carbocycles. The molecule has 0 fully saturated rings. The number of halogens is 4. The van der Waals surface area contributed by atoms with Crippen molar-refractivity contribution in [1.82, 2.24) is 14.5 Å². The molecule has 5 nitrogen and oxygen atoms in total. The molecule has 28 heavy (non-hydrogen) atoms. The Hall–Kier alpha value is -2.42. The van der Waals surface area contributed by atoms with Gasteiger partial charge in [0, 0.05) is 19.0 Å². The van der Waals surface area contributed by atoms with Crippen molar-refractivity contribution in [2.75, 3.05) is 5.32 Å². The zero-order valence-electron chi connectivity index (χ0n) is 15.4. The number of pyridine rings is 1. The van der Waals surface area contributed by atoms with Crippen molar-refractivity contribution < 1.29 is 13.2 Å². The zero-order valence-corrected chi connectivity index (χ0v) is 17.0. The van der Waals surface area contributed by atoms with Crippen LogP contribution >= 0.6 is 15.9 Å². The van der Waals surface area contributed by atoms with E-state index in [4.69, 9.17) is 0 Å². The van der Waals surface area contributed by atoms with Crippen LogP contribution in [0.2, 0.25) is 0 Å². The Kier molecular flexibility index (Phi) is 5.47. The van der Waals surface area contributed by atoms with Gasteiger partial charge in [-0.2, -0.15) is 0 Å². The number of benzene rings is 1. The van der Waals surface area contributed by atoms with Crippen LogP contribution in [-0.4, -0.2) is 14.5 Å². The van der Waals surface area contributed by atoms with Crippen LogP contribution < -0.4 is 10.9 Å². The summed E-state index contributed by atoms with van der Waals surface area (Å²) in [5.41, 5.74) is -0.393. The van der Waals surface area contributed by atoms with Gasteiger partial charge >= 0.3 is 0 Å². The Labute approximate surface area is 167 Å². The predicted octanol–water partition coefficient (Wildman–Crippen LogP) is 4.91. The Morgan fingerprint density at radius 3 is 2.71 bits per heavy atom. The van der Waals surface area contributed by atoms with Gasteiger partial charge in [-0.25, -0.2) is 23.1 Å². The Bertz CT molecular complexity index is 1100. The lowest BCUT2D eigenvalue weighted by molar-refractivity contribution is -0.0119. The average Bonchev–Trinajstić information content (AvgIpc) is 2.66. The molecule has 1 N–H and O–H groups in total. The second kappa shape index (κ2) is 7.54. The molecule has 9 heteroatoms. The van der Waals surface area contributed by atoms with Crippen LogP contribution in [0.25, 0.3) is 11.0 Å². The van der Waals surface area contributed by atoms with Crippen molar-refractivity contribution in [2.45, 2.75) is 32.2 Å². The van der Waals surface area contributed by atoms with Crippen molar-refractivity contribution in [3.05, 3.63) is 62.4 Å². The number of hydrogen-bond acceptors (Lipinski definition) is 4. The van der Waals surface area contributed by atoms with Crippen LogP contribution in [0.1, 0.15) is 37.4 Å². The van der Waals surface area contributed by atoms with Crippen LogP contribution in [0, 0.1) is 5.82 Å². The molecule has 0 radical (unpaired) electrons. The van der Waals surface area contributed by atoms with Gasteiger partial charge in [-0.3, -0.25) is 9.36 Å². The second-order valence-corrected chi connectivity index (χ2v) is 7.30. The van der Waals surface area contributed by atoms with Gasteiger partial charge in [-0.15, -0.1) is 0 Å². The maximum atomic E-state index is 14.8. The predicted molar refractivity (Wildman–Crippen MR) is 105 cm³/mol. The molecule has 1 atom stereocenters. The molecule has 0 saturated carbocycles. The van der Waals surface area contributed by atoms with Gasteiger partial charge in [0.05, 0.1) is 21.5 Å². The first kappa shape index (κ1) is 20.3. The third kappa shape index (κ3) is 3.50. The third-order valence-corrected chi connectivity index (χ3v) is 5.22. The number of aryl methyl sites for hydroxylation is 1. The molecule has 3 aromatic rings. The highest BCUT2D eigenvalue weighted by Gasteiger charge is 2.33. The van der Waals surface area contributed by atoms with Crippen LogP contribution in [0.4, 0.5) is 19.0 Å². The smallest absolute Gasteiger partial charge is 0.275 e. The number of fused-ring (bicyclic) bond motifs is 1. The molecular weight excluding hydrogens is 437 g/mol. The van der Waals surface area contributed by atoms with Crippen LogP contribution in [-0.2, 0) is 13.0 Å². The molecular formula is C19H18BrF3N4O. The summed E-state index contributed by atoms with van der Waals surface area (Å²) in [7, 11) is 1.58. The minimum atomic E-state index is -3.25. The molecule has 0 bridgehead atoms. The third-order valence-electron chi connectivity index (χ3n) is 4.65. The standard InChI is InChI=1S/C19H18BrF3N4O/c1-4-19(22,23)13-7-5-6-11(15(13)21)10(2)26-16-12-8-14(20)18(28)27(3)17(12)25-9-24-16/h5-10H,4H2,1-3H3,(H,24,25,26)/t10-/m1/s1. The number of nitrogens with one attached hydrogen (secondary N) is 1. The summed E-state index contributed by atoms with van der Waals surface area (Å²) in [4.78, 5) is 20.3. The fourth-order valence-electron chi connectivity index (χ4n) is 2.99. The summed E-state index contributed by atoms with van der Waals surface area (Å²) in [6.07, 6.45) is 0.788. The lowest BCUT2D eigenvalue weighted by Crippen LogP contribution is -2.20. The highest BCUT2D eigenvalue weighted by Crippen LogP contribution is 2.36. The quantitative estimate of drug-likeness (QED) is 0.595. The number of aromatic nitrogens is 3. The Balaban J connectivity index is 2.04. The summed E-state index contributed by atoms with van der Waals surface area (Å²) in [6.45, 7) is 2.96. The molecule has 0 aliphatic carbocycles. The fraction of sp³-hybridized carbons (Fsp3) is 0.316. The number of alkyl halides is 2. The van der Waals surface area contributed by atoms with E-state index in [1.807, 2.05) is 0 Å². The molecule has 0 unspecified atom stereocenters. The van der Waals surface area contributed by atoms with E-state index in [1.165, 1.54) is 30.0 Å². The lowest BCUT2D eigenvalue weighted by Gasteiger charge is -2.21. The first-order chi connectivity index (χ1) is 13.2. The Morgan fingerprint density at radius 1 is 1.32 bits per heavy atom. The summed E-state index contributed by atoms with van der Waals surface area (Å²) in [5, 5.41) is 3.58. The van der Waals surface area contributed by atoms with E-state index >= 15 is 0 Å². The number of anilines is 1. The van der Waals surface area contributed by atoms with Crippen LogP contribution in [0.5, 0.6) is 0 Å². The monoisotopic (exact) mass is 454 g/mol. The normalized spacial score (nSPS) is 13.0. The minimum Gasteiger partial charge on any atom is -0.363 e. The molecule has 148 valence electrons. The number of hydrogen-bond donors (Lipinski definition) is 1. The summed E-state index contributed by atoms with van der Waals surface area (Å²) < 4.78 is 44.5. The molecule has 2 heterocycles. The molecule has 0 aliphatic rings. The number of rotatable bonds is 5. The van der Waals surface area contributed by atoms with Crippen LogP contribution in [0.15, 0.2) is 39.9 Å².